The maximum atomic E-state index is 14.2. The van der Waals surface area contributed by atoms with Crippen molar-refractivity contribution < 1.29 is 41.9 Å². The predicted molar refractivity (Wildman–Crippen MR) is 199 cm³/mol. The fourth-order valence-corrected chi connectivity index (χ4v) is 6.54. The SMILES string of the molecule is Cn1cc(-c2cnc3ccc(NC(=O)Nc4ccc(C(=O)NCC(Cl)CNc5cccc6c5C(=O)N(C5CCC(=O)NC5=O)C6=O)c(C(F)(F)F)c4)cc3n2)cn1. The van der Waals surface area contributed by atoms with Gasteiger partial charge in [0, 0.05) is 55.4 Å². The van der Waals surface area contributed by atoms with Crippen LogP contribution in [0, 0.1) is 0 Å². The number of aryl methyl sites for hydroxylation is 1. The molecule has 0 saturated carbocycles. The highest BCUT2D eigenvalue weighted by Crippen LogP contribution is 2.35. The molecule has 1 fully saturated rings. The fraction of sp³-hybridized carbons (Fsp3) is 0.216. The largest absolute Gasteiger partial charge is 0.417 e. The molecule has 2 aromatic heterocycles. The zero-order valence-electron chi connectivity index (χ0n) is 29.6. The summed E-state index contributed by atoms with van der Waals surface area (Å²) in [6, 6.07) is 9.83. The molecule has 2 aliphatic heterocycles. The van der Waals surface area contributed by atoms with Gasteiger partial charge in [0.15, 0.2) is 0 Å². The Morgan fingerprint density at radius 3 is 2.44 bits per heavy atom. The van der Waals surface area contributed by atoms with Gasteiger partial charge >= 0.3 is 12.2 Å². The normalized spacial score (nSPS) is 15.9. The minimum Gasteiger partial charge on any atom is -0.383 e. The summed E-state index contributed by atoms with van der Waals surface area (Å²) in [6.07, 6.45) is -0.0801. The van der Waals surface area contributed by atoms with Crippen LogP contribution in [0.4, 0.5) is 35.0 Å². The van der Waals surface area contributed by atoms with Gasteiger partial charge in [-0.2, -0.15) is 18.3 Å². The van der Waals surface area contributed by atoms with E-state index in [1.807, 2.05) is 0 Å². The Labute approximate surface area is 325 Å². The zero-order chi connectivity index (χ0) is 40.6. The van der Waals surface area contributed by atoms with Gasteiger partial charge in [-0.15, -0.1) is 11.6 Å². The van der Waals surface area contributed by atoms with Gasteiger partial charge < -0.3 is 21.3 Å². The van der Waals surface area contributed by atoms with Crippen LogP contribution in [0.15, 0.2) is 73.2 Å². The molecule has 2 unspecified atom stereocenters. The summed E-state index contributed by atoms with van der Waals surface area (Å²) in [4.78, 5) is 86.0. The van der Waals surface area contributed by atoms with Crippen molar-refractivity contribution in [1.82, 2.24) is 35.3 Å². The lowest BCUT2D eigenvalue weighted by Gasteiger charge is -2.27. The maximum Gasteiger partial charge on any atom is 0.417 e. The summed E-state index contributed by atoms with van der Waals surface area (Å²) >= 11 is 6.40. The Morgan fingerprint density at radius 1 is 0.965 bits per heavy atom. The van der Waals surface area contributed by atoms with E-state index in [4.69, 9.17) is 11.6 Å². The van der Waals surface area contributed by atoms with Gasteiger partial charge in [-0.1, -0.05) is 6.07 Å². The topological polar surface area (TPSA) is 209 Å². The number of anilines is 3. The first kappa shape index (κ1) is 38.4. The molecule has 7 amide bonds. The smallest absolute Gasteiger partial charge is 0.383 e. The quantitative estimate of drug-likeness (QED) is 0.0984. The number of alkyl halides is 4. The summed E-state index contributed by atoms with van der Waals surface area (Å²) in [6.45, 7) is -0.408. The Bertz CT molecular complexity index is 2490. The number of hydrogen-bond donors (Lipinski definition) is 5. The van der Waals surface area contributed by atoms with Crippen LogP contribution in [-0.2, 0) is 22.8 Å². The average molecular weight is 803 g/mol. The third-order valence-corrected chi connectivity index (χ3v) is 9.40. The summed E-state index contributed by atoms with van der Waals surface area (Å²) in [7, 11) is 1.76. The number of imide groups is 2. The highest BCUT2D eigenvalue weighted by atomic mass is 35.5. The molecule has 0 radical (unpaired) electrons. The summed E-state index contributed by atoms with van der Waals surface area (Å²) in [5.41, 5.74) is 0.511. The molecule has 5 aromatic rings. The number of carbonyl (C=O) groups is 6. The van der Waals surface area contributed by atoms with Crippen LogP contribution in [0.25, 0.3) is 22.3 Å². The molecule has 20 heteroatoms. The number of benzene rings is 3. The number of aromatic nitrogens is 4. The lowest BCUT2D eigenvalue weighted by Crippen LogP contribution is -2.54. The Hall–Kier alpha value is -6.89. The van der Waals surface area contributed by atoms with E-state index >= 15 is 0 Å². The lowest BCUT2D eigenvalue weighted by molar-refractivity contribution is -0.138. The Kier molecular flexibility index (Phi) is 10.3. The van der Waals surface area contributed by atoms with E-state index in [2.05, 4.69) is 41.7 Å². The van der Waals surface area contributed by atoms with E-state index in [0.29, 0.717) is 28.5 Å². The van der Waals surface area contributed by atoms with E-state index in [0.717, 1.165) is 22.6 Å². The van der Waals surface area contributed by atoms with Crippen molar-refractivity contribution in [2.24, 2.45) is 7.05 Å². The predicted octanol–water partition coefficient (Wildman–Crippen LogP) is 4.54. The molecular weight excluding hydrogens is 773 g/mol. The third-order valence-electron chi connectivity index (χ3n) is 9.09. The van der Waals surface area contributed by atoms with Gasteiger partial charge in [0.05, 0.1) is 56.8 Å². The standard InChI is InChI=1S/C37H30ClF3N10O6/c1-50-17-18(13-45-50)28-16-43-25-8-6-21(12-27(25)48-28)47-36(57)46-20-5-7-22(24(11-20)37(39,40)41)32(53)44-15-19(38)14-42-26-4-2-3-23-31(26)35(56)51(34(23)55)29-9-10-30(52)49-33(29)54/h2-8,11-13,16-17,19,29,42H,9-10,14-15H2,1H3,(H,44,53)(H2,46,47,57)(H,49,52,54). The van der Waals surface area contributed by atoms with Crippen molar-refractivity contribution in [2.45, 2.75) is 30.4 Å². The van der Waals surface area contributed by atoms with Crippen LogP contribution in [0.1, 0.15) is 49.5 Å². The summed E-state index contributed by atoms with van der Waals surface area (Å²) in [5.74, 6) is -3.82. The van der Waals surface area contributed by atoms with Crippen LogP contribution < -0.4 is 26.6 Å². The summed E-state index contributed by atoms with van der Waals surface area (Å²) in [5, 5.41) is 15.5. The first-order valence-corrected chi connectivity index (χ1v) is 17.7. The number of carbonyl (C=O) groups excluding carboxylic acids is 6. The number of fused-ring (bicyclic) bond motifs is 2. The van der Waals surface area contributed by atoms with Crippen molar-refractivity contribution >= 4 is 75.3 Å². The lowest BCUT2D eigenvalue weighted by atomic mass is 10.0. The molecule has 0 aliphatic carbocycles. The van der Waals surface area contributed by atoms with E-state index < -0.39 is 64.3 Å². The number of hydrogen-bond acceptors (Lipinski definition) is 10. The molecule has 57 heavy (non-hydrogen) atoms. The maximum absolute atomic E-state index is 14.2. The molecule has 0 bridgehead atoms. The van der Waals surface area contributed by atoms with Crippen LogP contribution in [0.5, 0.6) is 0 Å². The molecule has 16 nitrogen and oxygen atoms in total. The number of halogens is 4. The summed E-state index contributed by atoms with van der Waals surface area (Å²) < 4.78 is 44.2. The van der Waals surface area contributed by atoms with Crippen LogP contribution >= 0.6 is 11.6 Å². The fourth-order valence-electron chi connectivity index (χ4n) is 6.38. The highest BCUT2D eigenvalue weighted by Gasteiger charge is 2.45. The van der Waals surface area contributed by atoms with Crippen LogP contribution in [0.3, 0.4) is 0 Å². The molecule has 7 rings (SSSR count). The van der Waals surface area contributed by atoms with Crippen molar-refractivity contribution in [3.63, 3.8) is 0 Å². The number of amides is 7. The molecule has 0 spiro atoms. The van der Waals surface area contributed by atoms with Gasteiger partial charge in [0.1, 0.15) is 6.04 Å². The minimum atomic E-state index is -4.98. The first-order chi connectivity index (χ1) is 27.2. The van der Waals surface area contributed by atoms with Gasteiger partial charge in [0.25, 0.3) is 17.7 Å². The van der Waals surface area contributed by atoms with Gasteiger partial charge in [0.2, 0.25) is 11.8 Å². The molecule has 2 aliphatic rings. The van der Waals surface area contributed by atoms with Crippen LogP contribution in [-0.4, -0.2) is 84.7 Å². The number of piperidine rings is 1. The van der Waals surface area contributed by atoms with Crippen molar-refractivity contribution in [3.8, 4) is 11.3 Å². The van der Waals surface area contributed by atoms with Crippen molar-refractivity contribution in [3.05, 3.63) is 95.4 Å². The molecule has 5 N–H and O–H groups in total. The molecule has 3 aromatic carbocycles. The average Bonchev–Trinajstić information content (AvgIpc) is 3.72. The second kappa shape index (κ2) is 15.3. The Morgan fingerprint density at radius 2 is 1.72 bits per heavy atom. The molecule has 4 heterocycles. The molecule has 2 atom stereocenters. The highest BCUT2D eigenvalue weighted by molar-refractivity contribution is 6.25. The Balaban J connectivity index is 0.965. The third kappa shape index (κ3) is 8.08. The number of nitrogens with zero attached hydrogens (tertiary/aromatic N) is 5. The van der Waals surface area contributed by atoms with Gasteiger partial charge in [-0.3, -0.25) is 43.9 Å². The number of urea groups is 1. The van der Waals surface area contributed by atoms with E-state index in [9.17, 15) is 41.9 Å². The van der Waals surface area contributed by atoms with Gasteiger partial charge in [-0.25, -0.2) is 9.78 Å². The second-order valence-corrected chi connectivity index (χ2v) is 13.7. The van der Waals surface area contributed by atoms with E-state index in [-0.39, 0.29) is 48.4 Å². The van der Waals surface area contributed by atoms with E-state index in [1.165, 1.54) is 18.2 Å². The number of nitrogens with one attached hydrogen (secondary N) is 5. The first-order valence-electron chi connectivity index (χ1n) is 17.2. The monoisotopic (exact) mass is 802 g/mol. The van der Waals surface area contributed by atoms with Crippen LogP contribution in [0.2, 0.25) is 0 Å². The van der Waals surface area contributed by atoms with E-state index in [1.54, 1.807) is 48.5 Å². The van der Waals surface area contributed by atoms with Gasteiger partial charge in [-0.05, 0) is 55.0 Å². The molecule has 1 saturated heterocycles. The second-order valence-electron chi connectivity index (χ2n) is 13.1. The van der Waals surface area contributed by atoms with Crippen molar-refractivity contribution in [2.75, 3.05) is 29.0 Å². The van der Waals surface area contributed by atoms with Crippen molar-refractivity contribution in [1.29, 1.82) is 0 Å². The minimum absolute atomic E-state index is 0.0146. The molecule has 292 valence electrons. The molecular formula is C37H30ClF3N10O6. The zero-order valence-corrected chi connectivity index (χ0v) is 30.4. The number of rotatable bonds is 10.